The molecule has 3 aliphatic heterocycles. The molecule has 0 spiro atoms. The number of anilines is 1. The lowest BCUT2D eigenvalue weighted by Crippen LogP contribution is -2.51. The average molecular weight is 398 g/mol. The van der Waals surface area contributed by atoms with Crippen LogP contribution >= 0.6 is 0 Å². The van der Waals surface area contributed by atoms with E-state index in [1.807, 2.05) is 0 Å². The third kappa shape index (κ3) is 2.63. The number of hydrogen-bond acceptors (Lipinski definition) is 8. The summed E-state index contributed by atoms with van der Waals surface area (Å²) in [5.41, 5.74) is 1.01. The molecule has 3 atom stereocenters. The molecule has 6 rings (SSSR count). The number of hydrogen-bond donors (Lipinski definition) is 1. The first-order valence-corrected chi connectivity index (χ1v) is 9.65. The van der Waals surface area contributed by atoms with E-state index in [-0.39, 0.29) is 18.0 Å². The molecule has 1 aromatic carbocycles. The molecule has 2 saturated heterocycles. The highest BCUT2D eigenvalue weighted by Crippen LogP contribution is 2.33. The Hall–Kier alpha value is -2.98. The van der Waals surface area contributed by atoms with Gasteiger partial charge in [-0.3, -0.25) is 4.90 Å². The topological polar surface area (TPSA) is 88.8 Å². The second-order valence-electron chi connectivity index (χ2n) is 7.53. The summed E-state index contributed by atoms with van der Waals surface area (Å²) in [5.74, 6) is 0.300. The molecule has 4 bridgehead atoms. The van der Waals surface area contributed by atoms with Crippen molar-refractivity contribution in [1.82, 2.24) is 24.6 Å². The van der Waals surface area contributed by atoms with Crippen molar-refractivity contribution in [2.75, 3.05) is 44.3 Å². The monoisotopic (exact) mass is 398 g/mol. The standard InChI is InChI=1S/C19H19FN6O3/c20-11-1-2-13-15(7-11)28-5-3-24-9-14-16(10-24)29-6-4-25(14)19-22-17-12(18(27)23-19)8-21-26(13)17/h1-2,7-8,14,16H,3-6,9-10H2,(H,22,23,27)/t14-,16+/m0/s1. The van der Waals surface area contributed by atoms with Crippen molar-refractivity contribution in [3.63, 3.8) is 0 Å². The Balaban J connectivity index is 1.58. The zero-order valence-electron chi connectivity index (χ0n) is 15.5. The molecule has 29 heavy (non-hydrogen) atoms. The molecular formula is C19H19FN6O3. The SMILES string of the molecule is Oc1nc2nc3c1cnn3-c1ccc(F)cc1OCCN1C[C@H]3OCCN2[C@H]3C1. The zero-order valence-corrected chi connectivity index (χ0v) is 15.5. The largest absolute Gasteiger partial charge is 0.493 e. The van der Waals surface area contributed by atoms with Gasteiger partial charge in [0.05, 0.1) is 24.9 Å². The third-order valence-electron chi connectivity index (χ3n) is 5.85. The minimum absolute atomic E-state index is 0.0442. The van der Waals surface area contributed by atoms with Crippen molar-refractivity contribution in [3.8, 4) is 17.3 Å². The van der Waals surface area contributed by atoms with Gasteiger partial charge in [0.2, 0.25) is 11.8 Å². The summed E-state index contributed by atoms with van der Waals surface area (Å²) in [7, 11) is 0. The summed E-state index contributed by atoms with van der Waals surface area (Å²) in [6.45, 7) is 3.90. The smallest absolute Gasteiger partial charge is 0.231 e. The van der Waals surface area contributed by atoms with Gasteiger partial charge in [-0.1, -0.05) is 0 Å². The maximum atomic E-state index is 13.9. The molecule has 0 aliphatic carbocycles. The van der Waals surface area contributed by atoms with E-state index in [1.165, 1.54) is 18.3 Å². The second-order valence-corrected chi connectivity index (χ2v) is 7.53. The van der Waals surface area contributed by atoms with Crippen molar-refractivity contribution < 1.29 is 19.0 Å². The van der Waals surface area contributed by atoms with Crippen LogP contribution < -0.4 is 9.64 Å². The highest BCUT2D eigenvalue weighted by atomic mass is 19.1. The normalized spacial score (nSPS) is 25.8. The molecule has 3 aromatic rings. The van der Waals surface area contributed by atoms with E-state index < -0.39 is 5.82 Å². The molecule has 2 aromatic heterocycles. The minimum Gasteiger partial charge on any atom is -0.493 e. The Labute approximate surface area is 165 Å². The molecule has 9 nitrogen and oxygen atoms in total. The van der Waals surface area contributed by atoms with E-state index >= 15 is 0 Å². The van der Waals surface area contributed by atoms with Gasteiger partial charge in [0.15, 0.2) is 5.65 Å². The lowest BCUT2D eigenvalue weighted by atomic mass is 10.1. The predicted octanol–water partition coefficient (Wildman–Crippen LogP) is 0.942. The Morgan fingerprint density at radius 3 is 3.00 bits per heavy atom. The van der Waals surface area contributed by atoms with Crippen molar-refractivity contribution in [3.05, 3.63) is 30.2 Å². The van der Waals surface area contributed by atoms with E-state index in [0.29, 0.717) is 54.7 Å². The first-order chi connectivity index (χ1) is 14.2. The average Bonchev–Trinajstić information content (AvgIpc) is 3.31. The summed E-state index contributed by atoms with van der Waals surface area (Å²) in [5, 5.41) is 15.3. The number of rotatable bonds is 0. The van der Waals surface area contributed by atoms with E-state index in [4.69, 9.17) is 14.5 Å². The zero-order chi connectivity index (χ0) is 19.5. The van der Waals surface area contributed by atoms with Gasteiger partial charge in [-0.05, 0) is 12.1 Å². The van der Waals surface area contributed by atoms with Crippen LogP contribution in [-0.4, -0.2) is 81.3 Å². The molecule has 0 amide bonds. The first-order valence-electron chi connectivity index (χ1n) is 9.65. The molecule has 2 fully saturated rings. The Kier molecular flexibility index (Phi) is 3.65. The molecule has 1 unspecified atom stereocenters. The predicted molar refractivity (Wildman–Crippen MR) is 101 cm³/mol. The van der Waals surface area contributed by atoms with Crippen LogP contribution in [0.2, 0.25) is 0 Å². The Bertz CT molecular complexity index is 1100. The Morgan fingerprint density at radius 2 is 2.07 bits per heavy atom. The summed E-state index contributed by atoms with van der Waals surface area (Å²) in [4.78, 5) is 13.5. The van der Waals surface area contributed by atoms with Crippen molar-refractivity contribution in [1.29, 1.82) is 0 Å². The van der Waals surface area contributed by atoms with Crippen LogP contribution in [0.1, 0.15) is 0 Å². The summed E-state index contributed by atoms with van der Waals surface area (Å²) in [6.07, 6.45) is 1.55. The highest BCUT2D eigenvalue weighted by Gasteiger charge is 2.41. The van der Waals surface area contributed by atoms with Crippen molar-refractivity contribution in [2.24, 2.45) is 0 Å². The number of halogens is 1. The van der Waals surface area contributed by atoms with Crippen molar-refractivity contribution >= 4 is 17.0 Å². The van der Waals surface area contributed by atoms with Crippen LogP contribution in [0.15, 0.2) is 24.4 Å². The maximum absolute atomic E-state index is 13.9. The lowest BCUT2D eigenvalue weighted by Gasteiger charge is -2.36. The highest BCUT2D eigenvalue weighted by molar-refractivity contribution is 5.82. The van der Waals surface area contributed by atoms with E-state index in [1.54, 1.807) is 10.7 Å². The number of nitrogens with zero attached hydrogens (tertiary/aromatic N) is 6. The fourth-order valence-electron chi connectivity index (χ4n) is 4.44. The fourth-order valence-corrected chi connectivity index (χ4v) is 4.44. The van der Waals surface area contributed by atoms with Crippen LogP contribution in [0.5, 0.6) is 11.6 Å². The number of benzene rings is 1. The van der Waals surface area contributed by atoms with Gasteiger partial charge in [-0.15, -0.1) is 0 Å². The quantitative estimate of drug-likeness (QED) is 0.599. The van der Waals surface area contributed by atoms with Crippen molar-refractivity contribution in [2.45, 2.75) is 12.1 Å². The van der Waals surface area contributed by atoms with Crippen LogP contribution in [0, 0.1) is 5.82 Å². The van der Waals surface area contributed by atoms with Gasteiger partial charge in [-0.2, -0.15) is 15.1 Å². The maximum Gasteiger partial charge on any atom is 0.231 e. The first kappa shape index (κ1) is 16.9. The number of aromatic hydroxyl groups is 1. The summed E-state index contributed by atoms with van der Waals surface area (Å²) >= 11 is 0. The number of fused-ring (bicyclic) bond motifs is 5. The summed E-state index contributed by atoms with van der Waals surface area (Å²) in [6, 6.07) is 4.40. The number of aromatic nitrogens is 4. The fraction of sp³-hybridized carbons (Fsp3) is 0.421. The van der Waals surface area contributed by atoms with E-state index in [2.05, 4.69) is 19.9 Å². The van der Waals surface area contributed by atoms with Crippen LogP contribution in [-0.2, 0) is 4.74 Å². The molecule has 3 aliphatic rings. The van der Waals surface area contributed by atoms with Crippen LogP contribution in [0.25, 0.3) is 16.7 Å². The Morgan fingerprint density at radius 1 is 1.14 bits per heavy atom. The molecule has 0 radical (unpaired) electrons. The van der Waals surface area contributed by atoms with Gasteiger partial charge >= 0.3 is 0 Å². The summed E-state index contributed by atoms with van der Waals surface area (Å²) < 4.78 is 27.4. The lowest BCUT2D eigenvalue weighted by molar-refractivity contribution is 0.0298. The second kappa shape index (κ2) is 6.26. The van der Waals surface area contributed by atoms with E-state index in [0.717, 1.165) is 13.1 Å². The van der Waals surface area contributed by atoms with Gasteiger partial charge in [-0.25, -0.2) is 9.07 Å². The molecule has 0 saturated carbocycles. The number of ether oxygens (including phenoxy) is 2. The van der Waals surface area contributed by atoms with Gasteiger partial charge in [0.25, 0.3) is 0 Å². The van der Waals surface area contributed by atoms with Gasteiger partial charge in [0, 0.05) is 32.2 Å². The van der Waals surface area contributed by atoms with E-state index in [9.17, 15) is 9.50 Å². The minimum atomic E-state index is -0.391. The molecular weight excluding hydrogens is 379 g/mol. The van der Waals surface area contributed by atoms with Crippen LogP contribution in [0.3, 0.4) is 0 Å². The number of morpholine rings is 1. The third-order valence-corrected chi connectivity index (χ3v) is 5.85. The molecule has 10 heteroatoms. The van der Waals surface area contributed by atoms with Gasteiger partial charge < -0.3 is 19.5 Å². The molecule has 150 valence electrons. The van der Waals surface area contributed by atoms with Crippen LogP contribution in [0.4, 0.5) is 10.3 Å². The molecule has 1 N–H and O–H groups in total. The van der Waals surface area contributed by atoms with Gasteiger partial charge in [0.1, 0.15) is 29.2 Å². The molecule has 5 heterocycles.